The monoisotopic (exact) mass is 219 g/mol. The van der Waals surface area contributed by atoms with Gasteiger partial charge in [0.25, 0.3) is 0 Å². The molecule has 3 heteroatoms. The predicted molar refractivity (Wildman–Crippen MR) is 63.0 cm³/mol. The van der Waals surface area contributed by atoms with Gasteiger partial charge in [-0.3, -0.25) is 4.79 Å². The maximum absolute atomic E-state index is 12.0. The van der Waals surface area contributed by atoms with Gasteiger partial charge in [0.05, 0.1) is 13.2 Å². The highest BCUT2D eigenvalue weighted by molar-refractivity contribution is 6.02. The SMILES string of the molecule is COc1cc2c(cc1C)CCC[C@@H](N)C2=O. The molecular formula is C13H17NO2. The lowest BCUT2D eigenvalue weighted by Crippen LogP contribution is -2.29. The summed E-state index contributed by atoms with van der Waals surface area (Å²) in [5, 5.41) is 0. The first-order valence-electron chi connectivity index (χ1n) is 5.61. The van der Waals surface area contributed by atoms with Crippen molar-refractivity contribution in [3.8, 4) is 5.75 Å². The Balaban J connectivity index is 2.53. The Hall–Kier alpha value is -1.35. The summed E-state index contributed by atoms with van der Waals surface area (Å²) in [5.74, 6) is 0.812. The van der Waals surface area contributed by atoms with Crippen molar-refractivity contribution >= 4 is 5.78 Å². The lowest BCUT2D eigenvalue weighted by molar-refractivity contribution is 0.0959. The highest BCUT2D eigenvalue weighted by atomic mass is 16.5. The van der Waals surface area contributed by atoms with Crippen molar-refractivity contribution in [2.24, 2.45) is 5.73 Å². The Morgan fingerprint density at radius 1 is 1.44 bits per heavy atom. The van der Waals surface area contributed by atoms with Crippen molar-refractivity contribution in [2.45, 2.75) is 32.2 Å². The van der Waals surface area contributed by atoms with Crippen molar-refractivity contribution in [3.63, 3.8) is 0 Å². The first kappa shape index (κ1) is 11.1. The number of hydrogen-bond donors (Lipinski definition) is 1. The normalized spacial score (nSPS) is 20.2. The molecule has 2 rings (SSSR count). The van der Waals surface area contributed by atoms with Crippen LogP contribution in [0.4, 0.5) is 0 Å². The van der Waals surface area contributed by atoms with Gasteiger partial charge in [-0.2, -0.15) is 0 Å². The topological polar surface area (TPSA) is 52.3 Å². The Kier molecular flexibility index (Phi) is 2.97. The van der Waals surface area contributed by atoms with Crippen LogP contribution in [0, 0.1) is 6.92 Å². The fraction of sp³-hybridized carbons (Fsp3) is 0.462. The van der Waals surface area contributed by atoms with Crippen LogP contribution >= 0.6 is 0 Å². The van der Waals surface area contributed by atoms with Crippen molar-refractivity contribution in [1.29, 1.82) is 0 Å². The lowest BCUT2D eigenvalue weighted by Gasteiger charge is -2.11. The largest absolute Gasteiger partial charge is 0.496 e. The second kappa shape index (κ2) is 4.26. The average Bonchev–Trinajstić information content (AvgIpc) is 2.39. The van der Waals surface area contributed by atoms with E-state index in [-0.39, 0.29) is 11.8 Å². The van der Waals surface area contributed by atoms with Crippen molar-refractivity contribution < 1.29 is 9.53 Å². The van der Waals surface area contributed by atoms with E-state index >= 15 is 0 Å². The highest BCUT2D eigenvalue weighted by Gasteiger charge is 2.23. The number of benzene rings is 1. The second-order valence-corrected chi connectivity index (χ2v) is 4.34. The molecule has 1 atom stereocenters. The van der Waals surface area contributed by atoms with E-state index in [1.54, 1.807) is 7.11 Å². The summed E-state index contributed by atoms with van der Waals surface area (Å²) in [6.45, 7) is 1.99. The molecule has 0 aromatic heterocycles. The minimum Gasteiger partial charge on any atom is -0.496 e. The molecule has 0 fully saturated rings. The van der Waals surface area contributed by atoms with Gasteiger partial charge < -0.3 is 10.5 Å². The van der Waals surface area contributed by atoms with Crippen LogP contribution in [0.5, 0.6) is 5.75 Å². The standard InChI is InChI=1S/C13H17NO2/c1-8-6-9-4-3-5-11(14)13(15)10(9)7-12(8)16-2/h6-7,11H,3-5,14H2,1-2H3/t11-/m1/s1. The average molecular weight is 219 g/mol. The molecule has 0 heterocycles. The molecule has 0 aliphatic heterocycles. The van der Waals surface area contributed by atoms with Crippen LogP contribution < -0.4 is 10.5 Å². The highest BCUT2D eigenvalue weighted by Crippen LogP contribution is 2.27. The molecule has 0 saturated carbocycles. The third-order valence-corrected chi connectivity index (χ3v) is 3.18. The third-order valence-electron chi connectivity index (χ3n) is 3.18. The number of fused-ring (bicyclic) bond motifs is 1. The van der Waals surface area contributed by atoms with E-state index in [2.05, 4.69) is 0 Å². The number of Topliss-reactive ketones (excluding diaryl/α,β-unsaturated/α-hetero) is 1. The van der Waals surface area contributed by atoms with Crippen molar-refractivity contribution in [1.82, 2.24) is 0 Å². The van der Waals surface area contributed by atoms with Crippen LogP contribution in [0.1, 0.15) is 34.3 Å². The zero-order valence-corrected chi connectivity index (χ0v) is 9.75. The summed E-state index contributed by atoms with van der Waals surface area (Å²) in [6, 6.07) is 3.52. The number of ketones is 1. The Labute approximate surface area is 95.6 Å². The molecule has 0 saturated heterocycles. The first-order valence-corrected chi connectivity index (χ1v) is 5.61. The number of aryl methyl sites for hydroxylation is 2. The quantitative estimate of drug-likeness (QED) is 0.733. The molecule has 0 spiro atoms. The fourth-order valence-corrected chi connectivity index (χ4v) is 2.25. The molecule has 86 valence electrons. The zero-order valence-electron chi connectivity index (χ0n) is 9.75. The summed E-state index contributed by atoms with van der Waals surface area (Å²) in [4.78, 5) is 12.0. The van der Waals surface area contributed by atoms with Gasteiger partial charge in [0, 0.05) is 5.56 Å². The number of rotatable bonds is 1. The number of methoxy groups -OCH3 is 1. The Bertz CT molecular complexity index is 426. The van der Waals surface area contributed by atoms with Gasteiger partial charge in [0.1, 0.15) is 5.75 Å². The Morgan fingerprint density at radius 2 is 2.19 bits per heavy atom. The van der Waals surface area contributed by atoms with Gasteiger partial charge in [0.15, 0.2) is 5.78 Å². The number of carbonyl (C=O) groups is 1. The molecule has 1 aliphatic carbocycles. The maximum atomic E-state index is 12.0. The first-order chi connectivity index (χ1) is 7.63. The van der Waals surface area contributed by atoms with E-state index in [1.807, 2.05) is 19.1 Å². The number of ether oxygens (including phenoxy) is 1. The molecule has 1 aliphatic rings. The van der Waals surface area contributed by atoms with E-state index in [4.69, 9.17) is 10.5 Å². The van der Waals surface area contributed by atoms with Crippen LogP contribution in [0.2, 0.25) is 0 Å². The molecule has 0 radical (unpaired) electrons. The predicted octanol–water partition coefficient (Wildman–Crippen LogP) is 1.85. The van der Waals surface area contributed by atoms with Crippen LogP contribution in [-0.2, 0) is 6.42 Å². The van der Waals surface area contributed by atoms with Gasteiger partial charge in [-0.05, 0) is 43.4 Å². The minimum absolute atomic E-state index is 0.0470. The van der Waals surface area contributed by atoms with E-state index in [0.29, 0.717) is 0 Å². The smallest absolute Gasteiger partial charge is 0.179 e. The van der Waals surface area contributed by atoms with Crippen LogP contribution in [0.15, 0.2) is 12.1 Å². The molecule has 1 aromatic carbocycles. The number of hydrogen-bond acceptors (Lipinski definition) is 3. The summed E-state index contributed by atoms with van der Waals surface area (Å²) >= 11 is 0. The molecule has 0 bridgehead atoms. The zero-order chi connectivity index (χ0) is 11.7. The van der Waals surface area contributed by atoms with Crippen LogP contribution in [-0.4, -0.2) is 18.9 Å². The van der Waals surface area contributed by atoms with Gasteiger partial charge in [-0.1, -0.05) is 6.07 Å². The molecule has 0 amide bonds. The van der Waals surface area contributed by atoms with Gasteiger partial charge in [-0.25, -0.2) is 0 Å². The van der Waals surface area contributed by atoms with Gasteiger partial charge in [-0.15, -0.1) is 0 Å². The van der Waals surface area contributed by atoms with E-state index in [0.717, 1.165) is 41.7 Å². The van der Waals surface area contributed by atoms with E-state index in [9.17, 15) is 4.79 Å². The van der Waals surface area contributed by atoms with Gasteiger partial charge >= 0.3 is 0 Å². The third kappa shape index (κ3) is 1.83. The molecule has 0 unspecified atom stereocenters. The number of carbonyl (C=O) groups excluding carboxylic acids is 1. The molecule has 3 nitrogen and oxygen atoms in total. The summed E-state index contributed by atoms with van der Waals surface area (Å²) in [7, 11) is 1.62. The molecule has 2 N–H and O–H groups in total. The Morgan fingerprint density at radius 3 is 2.88 bits per heavy atom. The fourth-order valence-electron chi connectivity index (χ4n) is 2.25. The summed E-state index contributed by atoms with van der Waals surface area (Å²) < 4.78 is 5.24. The van der Waals surface area contributed by atoms with Crippen LogP contribution in [0.3, 0.4) is 0 Å². The number of nitrogens with two attached hydrogens (primary N) is 1. The van der Waals surface area contributed by atoms with E-state index < -0.39 is 0 Å². The molecule has 1 aromatic rings. The molecule has 16 heavy (non-hydrogen) atoms. The van der Waals surface area contributed by atoms with Crippen molar-refractivity contribution in [3.05, 3.63) is 28.8 Å². The second-order valence-electron chi connectivity index (χ2n) is 4.34. The minimum atomic E-state index is -0.353. The summed E-state index contributed by atoms with van der Waals surface area (Å²) in [6.07, 6.45) is 2.68. The molecular weight excluding hydrogens is 202 g/mol. The van der Waals surface area contributed by atoms with Crippen LogP contribution in [0.25, 0.3) is 0 Å². The maximum Gasteiger partial charge on any atom is 0.179 e. The lowest BCUT2D eigenvalue weighted by atomic mass is 9.98. The van der Waals surface area contributed by atoms with E-state index in [1.165, 1.54) is 0 Å². The van der Waals surface area contributed by atoms with Crippen molar-refractivity contribution in [2.75, 3.05) is 7.11 Å². The van der Waals surface area contributed by atoms with Gasteiger partial charge in [0.2, 0.25) is 0 Å². The summed E-state index contributed by atoms with van der Waals surface area (Å²) in [5.41, 5.74) is 8.76.